The molecule has 0 heterocycles. The summed E-state index contributed by atoms with van der Waals surface area (Å²) in [6.07, 6.45) is 0. The molecule has 0 aliphatic rings. The van der Waals surface area contributed by atoms with E-state index in [9.17, 15) is 0 Å². The molecule has 0 spiro atoms. The first kappa shape index (κ1) is 13.3. The van der Waals surface area contributed by atoms with Gasteiger partial charge in [-0.3, -0.25) is 0 Å². The second-order valence-electron chi connectivity index (χ2n) is 4.35. The minimum atomic E-state index is 0.734. The van der Waals surface area contributed by atoms with Crippen LogP contribution in [0.2, 0.25) is 0 Å². The number of benzene rings is 2. The van der Waals surface area contributed by atoms with E-state index in [1.165, 1.54) is 11.1 Å². The number of hydrogen-bond donors (Lipinski definition) is 1. The number of hydrogen-bond acceptors (Lipinski definition) is 3. The van der Waals surface area contributed by atoms with E-state index in [1.54, 1.807) is 14.2 Å². The lowest BCUT2D eigenvalue weighted by Gasteiger charge is -2.12. The number of ether oxygens (including phenoxy) is 2. The first-order valence-electron chi connectivity index (χ1n) is 6.25. The van der Waals surface area contributed by atoms with Crippen LogP contribution in [0.5, 0.6) is 11.5 Å². The van der Waals surface area contributed by atoms with Crippen molar-refractivity contribution in [2.45, 2.75) is 13.5 Å². The van der Waals surface area contributed by atoms with E-state index in [2.05, 4.69) is 36.5 Å². The lowest BCUT2D eigenvalue weighted by molar-refractivity contribution is 0.355. The topological polar surface area (TPSA) is 30.5 Å². The minimum absolute atomic E-state index is 0.734. The molecule has 2 rings (SSSR count). The van der Waals surface area contributed by atoms with Gasteiger partial charge in [-0.25, -0.2) is 0 Å². The summed E-state index contributed by atoms with van der Waals surface area (Å²) in [5.41, 5.74) is 3.59. The quantitative estimate of drug-likeness (QED) is 0.887. The zero-order chi connectivity index (χ0) is 13.7. The summed E-state index contributed by atoms with van der Waals surface area (Å²) in [5, 5.41) is 3.39. The molecule has 0 radical (unpaired) electrons. The maximum absolute atomic E-state index is 5.29. The molecular formula is C16H19NO2. The van der Waals surface area contributed by atoms with Gasteiger partial charge in [0, 0.05) is 18.3 Å². The van der Waals surface area contributed by atoms with Crippen LogP contribution in [-0.4, -0.2) is 14.2 Å². The molecule has 0 amide bonds. The second kappa shape index (κ2) is 6.14. The first-order chi connectivity index (χ1) is 9.24. The fourth-order valence-corrected chi connectivity index (χ4v) is 1.95. The van der Waals surface area contributed by atoms with Crippen molar-refractivity contribution >= 4 is 5.69 Å². The van der Waals surface area contributed by atoms with Gasteiger partial charge in [-0.15, -0.1) is 0 Å². The Kier molecular flexibility index (Phi) is 4.29. The molecule has 1 N–H and O–H groups in total. The van der Waals surface area contributed by atoms with E-state index >= 15 is 0 Å². The largest absolute Gasteiger partial charge is 0.493 e. The van der Waals surface area contributed by atoms with Crippen LogP contribution in [0, 0.1) is 6.92 Å². The third kappa shape index (κ3) is 3.19. The van der Waals surface area contributed by atoms with Crippen molar-refractivity contribution in [3.8, 4) is 11.5 Å². The summed E-state index contributed by atoms with van der Waals surface area (Å²) < 4.78 is 10.5. The predicted octanol–water partition coefficient (Wildman–Crippen LogP) is 3.62. The summed E-state index contributed by atoms with van der Waals surface area (Å²) in [4.78, 5) is 0. The average Bonchev–Trinajstić information content (AvgIpc) is 2.46. The highest BCUT2D eigenvalue weighted by atomic mass is 16.5. The van der Waals surface area contributed by atoms with Crippen molar-refractivity contribution < 1.29 is 9.47 Å². The molecule has 0 fully saturated rings. The van der Waals surface area contributed by atoms with E-state index in [-0.39, 0.29) is 0 Å². The maximum atomic E-state index is 5.29. The summed E-state index contributed by atoms with van der Waals surface area (Å²) in [6.45, 7) is 2.91. The minimum Gasteiger partial charge on any atom is -0.493 e. The smallest absolute Gasteiger partial charge is 0.162 e. The Bertz CT molecular complexity index is 552. The second-order valence-corrected chi connectivity index (χ2v) is 4.35. The van der Waals surface area contributed by atoms with Crippen LogP contribution in [0.1, 0.15) is 11.1 Å². The van der Waals surface area contributed by atoms with Crippen molar-refractivity contribution in [2.75, 3.05) is 19.5 Å². The van der Waals surface area contributed by atoms with Crippen molar-refractivity contribution in [3.63, 3.8) is 0 Å². The number of aryl methyl sites for hydroxylation is 1. The third-order valence-electron chi connectivity index (χ3n) is 3.13. The van der Waals surface area contributed by atoms with E-state index in [4.69, 9.17) is 9.47 Å². The van der Waals surface area contributed by atoms with Gasteiger partial charge in [-0.1, -0.05) is 24.3 Å². The molecule has 0 saturated heterocycles. The van der Waals surface area contributed by atoms with Gasteiger partial charge in [0.25, 0.3) is 0 Å². The van der Waals surface area contributed by atoms with E-state index in [0.717, 1.165) is 23.7 Å². The van der Waals surface area contributed by atoms with Crippen LogP contribution in [0.15, 0.2) is 42.5 Å². The van der Waals surface area contributed by atoms with Gasteiger partial charge in [0.05, 0.1) is 14.2 Å². The summed E-state index contributed by atoms with van der Waals surface area (Å²) in [7, 11) is 3.28. The first-order valence-corrected chi connectivity index (χ1v) is 6.25. The number of nitrogens with one attached hydrogen (secondary N) is 1. The highest BCUT2D eigenvalue weighted by Gasteiger charge is 2.04. The molecule has 3 nitrogen and oxygen atoms in total. The van der Waals surface area contributed by atoms with E-state index in [1.807, 2.05) is 18.2 Å². The zero-order valence-corrected chi connectivity index (χ0v) is 11.6. The van der Waals surface area contributed by atoms with Crippen LogP contribution < -0.4 is 14.8 Å². The predicted molar refractivity (Wildman–Crippen MR) is 78.1 cm³/mol. The van der Waals surface area contributed by atoms with Crippen molar-refractivity contribution in [1.82, 2.24) is 0 Å². The molecule has 0 unspecified atom stereocenters. The monoisotopic (exact) mass is 257 g/mol. The lowest BCUT2D eigenvalue weighted by Crippen LogP contribution is -2.01. The van der Waals surface area contributed by atoms with Crippen molar-refractivity contribution in [2.24, 2.45) is 0 Å². The average molecular weight is 257 g/mol. The molecule has 0 aliphatic heterocycles. The van der Waals surface area contributed by atoms with Gasteiger partial charge in [0.15, 0.2) is 11.5 Å². The van der Waals surface area contributed by atoms with Gasteiger partial charge < -0.3 is 14.8 Å². The van der Waals surface area contributed by atoms with Crippen molar-refractivity contribution in [1.29, 1.82) is 0 Å². The summed E-state index contributed by atoms with van der Waals surface area (Å²) >= 11 is 0. The Morgan fingerprint density at radius 2 is 1.68 bits per heavy atom. The molecular weight excluding hydrogens is 238 g/mol. The molecule has 0 aliphatic carbocycles. The normalized spacial score (nSPS) is 10.1. The third-order valence-corrected chi connectivity index (χ3v) is 3.13. The van der Waals surface area contributed by atoms with Crippen LogP contribution >= 0.6 is 0 Å². The number of rotatable bonds is 5. The standard InChI is InChI=1S/C16H19NO2/c1-12-6-4-5-7-13(12)11-17-14-8-9-15(18-2)16(10-14)19-3/h4-10,17H,11H2,1-3H3. The summed E-state index contributed by atoms with van der Waals surface area (Å²) in [6, 6.07) is 14.2. The lowest BCUT2D eigenvalue weighted by atomic mass is 10.1. The molecule has 0 aromatic heterocycles. The van der Waals surface area contributed by atoms with Gasteiger partial charge in [-0.05, 0) is 30.2 Å². The van der Waals surface area contributed by atoms with E-state index in [0.29, 0.717) is 0 Å². The Hall–Kier alpha value is -2.16. The highest BCUT2D eigenvalue weighted by molar-refractivity contribution is 5.55. The highest BCUT2D eigenvalue weighted by Crippen LogP contribution is 2.29. The van der Waals surface area contributed by atoms with E-state index < -0.39 is 0 Å². The summed E-state index contributed by atoms with van der Waals surface area (Å²) in [5.74, 6) is 1.47. The van der Waals surface area contributed by atoms with Crippen LogP contribution in [0.25, 0.3) is 0 Å². The molecule has 2 aromatic carbocycles. The maximum Gasteiger partial charge on any atom is 0.162 e. The molecule has 100 valence electrons. The Morgan fingerprint density at radius 1 is 0.947 bits per heavy atom. The van der Waals surface area contributed by atoms with Crippen LogP contribution in [0.4, 0.5) is 5.69 Å². The zero-order valence-electron chi connectivity index (χ0n) is 11.6. The Morgan fingerprint density at radius 3 is 2.37 bits per heavy atom. The SMILES string of the molecule is COc1ccc(NCc2ccccc2C)cc1OC. The fraction of sp³-hybridized carbons (Fsp3) is 0.250. The Labute approximate surface area is 114 Å². The van der Waals surface area contributed by atoms with Crippen molar-refractivity contribution in [3.05, 3.63) is 53.6 Å². The molecule has 0 bridgehead atoms. The Balaban J connectivity index is 2.10. The van der Waals surface area contributed by atoms with Gasteiger partial charge in [0.2, 0.25) is 0 Å². The van der Waals surface area contributed by atoms with Gasteiger partial charge in [0.1, 0.15) is 0 Å². The molecule has 19 heavy (non-hydrogen) atoms. The van der Waals surface area contributed by atoms with Crippen LogP contribution in [0.3, 0.4) is 0 Å². The molecule has 2 aromatic rings. The van der Waals surface area contributed by atoms with Crippen LogP contribution in [-0.2, 0) is 6.54 Å². The van der Waals surface area contributed by atoms with Gasteiger partial charge >= 0.3 is 0 Å². The molecule has 3 heteroatoms. The molecule has 0 saturated carbocycles. The molecule has 0 atom stereocenters. The number of anilines is 1. The van der Waals surface area contributed by atoms with Gasteiger partial charge in [-0.2, -0.15) is 0 Å². The number of methoxy groups -OCH3 is 2. The fourth-order valence-electron chi connectivity index (χ4n) is 1.95.